The fraction of sp³-hybridized carbons (Fsp3) is 0.958. The minimum Gasteiger partial charge on any atom is -0.461 e. The third-order valence-electron chi connectivity index (χ3n) is 6.36. The molecular weight excluding hydrogens is 805 g/mol. The first-order chi connectivity index (χ1) is 22.9. The Morgan fingerprint density at radius 3 is 1.06 bits per heavy atom. The second-order valence-corrected chi connectivity index (χ2v) is 10.5. The molecular formula is C24H25F23O5. The minimum absolute atomic E-state index is 0.0602. The van der Waals surface area contributed by atoms with Crippen LogP contribution in [0.5, 0.6) is 0 Å². The number of hydrogen-bond donors (Lipinski definition) is 0. The highest BCUT2D eigenvalue weighted by Gasteiger charge is 2.88. The lowest BCUT2D eigenvalue weighted by molar-refractivity contribution is -0.578. The maximum atomic E-state index is 14.6. The largest absolute Gasteiger partial charge is 0.462 e. The summed E-state index contributed by atoms with van der Waals surface area (Å²) in [4.78, 5) is 11.7. The van der Waals surface area contributed by atoms with Gasteiger partial charge in [0.15, 0.2) is 0 Å². The maximum Gasteiger partial charge on any atom is 0.462 e. The number of esters is 1. The molecule has 0 spiro atoms. The molecule has 0 amide bonds. The van der Waals surface area contributed by atoms with Crippen molar-refractivity contribution in [3.63, 3.8) is 0 Å². The smallest absolute Gasteiger partial charge is 0.461 e. The lowest BCUT2D eigenvalue weighted by atomic mass is 10.1. The molecule has 3 atom stereocenters. The van der Waals surface area contributed by atoms with Crippen LogP contribution in [-0.2, 0) is 23.7 Å². The van der Waals surface area contributed by atoms with Gasteiger partial charge in [-0.15, -0.1) is 0 Å². The molecule has 312 valence electrons. The number of halogens is 23. The zero-order valence-electron chi connectivity index (χ0n) is 25.5. The normalized spacial score (nSPS) is 18.1. The van der Waals surface area contributed by atoms with E-state index in [9.17, 15) is 106 Å². The van der Waals surface area contributed by atoms with Crippen LogP contribution in [0.4, 0.5) is 101 Å². The van der Waals surface area contributed by atoms with E-state index in [2.05, 4.69) is 4.74 Å². The van der Waals surface area contributed by atoms with E-state index in [1.54, 1.807) is 0 Å². The van der Waals surface area contributed by atoms with Gasteiger partial charge in [0.2, 0.25) is 0 Å². The van der Waals surface area contributed by atoms with Crippen molar-refractivity contribution >= 4 is 5.97 Å². The number of alkyl halides is 23. The van der Waals surface area contributed by atoms with Crippen molar-refractivity contribution in [1.29, 1.82) is 0 Å². The van der Waals surface area contributed by atoms with Crippen molar-refractivity contribution < 1.29 is 125 Å². The van der Waals surface area contributed by atoms with E-state index in [4.69, 9.17) is 0 Å². The Hall–Kier alpha value is -2.26. The van der Waals surface area contributed by atoms with E-state index in [0.717, 1.165) is 36.8 Å². The van der Waals surface area contributed by atoms with Crippen molar-refractivity contribution in [1.82, 2.24) is 0 Å². The predicted molar refractivity (Wildman–Crippen MR) is 122 cm³/mol. The molecule has 0 aliphatic carbocycles. The quantitative estimate of drug-likeness (QED) is 0.0655. The minimum atomic E-state index is -8.75. The molecule has 0 N–H and O–H groups in total. The van der Waals surface area contributed by atoms with E-state index in [1.165, 1.54) is 4.74 Å². The van der Waals surface area contributed by atoms with Crippen molar-refractivity contribution in [3.05, 3.63) is 0 Å². The monoisotopic (exact) mass is 830 g/mol. The van der Waals surface area contributed by atoms with Crippen molar-refractivity contribution in [2.24, 2.45) is 0 Å². The molecule has 0 aromatic heterocycles. The van der Waals surface area contributed by atoms with Gasteiger partial charge < -0.3 is 4.74 Å². The van der Waals surface area contributed by atoms with Gasteiger partial charge in [-0.05, 0) is 6.42 Å². The molecule has 28 heteroatoms. The molecule has 0 bridgehead atoms. The standard InChI is InChI=1S/C24H25F23O5/c1-2-3-4-5-6-7-8-9-10-11-12-49-13(48)14(25,18(30,31)32)50-23(44,45)16(28,20(36,37)38)52-24(46,47)17(29,21(39,40)41)51-22(42,43)15(26,27)19(33,34)35/h2-12H2,1H3. The van der Waals surface area contributed by atoms with Crippen LogP contribution < -0.4 is 0 Å². The Bertz CT molecular complexity index is 1130. The van der Waals surface area contributed by atoms with E-state index in [0.29, 0.717) is 12.8 Å². The van der Waals surface area contributed by atoms with Crippen molar-refractivity contribution in [3.8, 4) is 0 Å². The van der Waals surface area contributed by atoms with Crippen LogP contribution >= 0.6 is 0 Å². The van der Waals surface area contributed by atoms with Crippen LogP contribution in [0.1, 0.15) is 71.1 Å². The van der Waals surface area contributed by atoms with Gasteiger partial charge in [0.25, 0.3) is 0 Å². The van der Waals surface area contributed by atoms with Gasteiger partial charge in [0, 0.05) is 0 Å². The van der Waals surface area contributed by atoms with Gasteiger partial charge >= 0.3 is 72.5 Å². The number of unbranched alkanes of at least 4 members (excludes halogenated alkanes) is 9. The fourth-order valence-electron chi connectivity index (χ4n) is 3.52. The highest BCUT2D eigenvalue weighted by Crippen LogP contribution is 2.59. The molecule has 0 saturated heterocycles. The molecule has 0 saturated carbocycles. The number of ether oxygens (including phenoxy) is 4. The Morgan fingerprint density at radius 1 is 0.404 bits per heavy atom. The topological polar surface area (TPSA) is 54.0 Å². The van der Waals surface area contributed by atoms with Crippen LogP contribution in [0, 0.1) is 0 Å². The molecule has 0 aliphatic heterocycles. The predicted octanol–water partition coefficient (Wildman–Crippen LogP) is 11.2. The zero-order valence-corrected chi connectivity index (χ0v) is 25.5. The van der Waals surface area contributed by atoms with Gasteiger partial charge in [-0.25, -0.2) is 4.79 Å². The second kappa shape index (κ2) is 16.6. The molecule has 0 aromatic rings. The Balaban J connectivity index is 6.51. The molecule has 3 unspecified atom stereocenters. The summed E-state index contributed by atoms with van der Waals surface area (Å²) in [6.45, 7) is 0.539. The summed E-state index contributed by atoms with van der Waals surface area (Å²) in [5, 5.41) is 0. The lowest BCUT2D eigenvalue weighted by Gasteiger charge is -2.42. The van der Waals surface area contributed by atoms with Crippen LogP contribution in [0.2, 0.25) is 0 Å². The number of hydrogen-bond acceptors (Lipinski definition) is 5. The average Bonchev–Trinajstić information content (AvgIpc) is 2.92. The molecule has 0 fully saturated rings. The maximum absolute atomic E-state index is 14.6. The fourth-order valence-corrected chi connectivity index (χ4v) is 3.52. The number of rotatable bonds is 21. The van der Waals surface area contributed by atoms with Gasteiger partial charge in [-0.3, -0.25) is 14.2 Å². The van der Waals surface area contributed by atoms with E-state index >= 15 is 0 Å². The molecule has 0 rings (SSSR count). The van der Waals surface area contributed by atoms with Crippen molar-refractivity contribution in [2.45, 2.75) is 138 Å². The second-order valence-electron chi connectivity index (χ2n) is 10.5. The van der Waals surface area contributed by atoms with Gasteiger partial charge in [0.05, 0.1) is 6.61 Å². The molecule has 0 radical (unpaired) electrons. The first kappa shape index (κ1) is 49.7. The van der Waals surface area contributed by atoms with Gasteiger partial charge in [-0.2, -0.15) is 101 Å². The van der Waals surface area contributed by atoms with E-state index < -0.39 is 85.5 Å². The molecule has 0 heterocycles. The summed E-state index contributed by atoms with van der Waals surface area (Å²) in [6, 6.07) is 0. The summed E-state index contributed by atoms with van der Waals surface area (Å²) in [5.41, 5.74) is 0. The average molecular weight is 830 g/mol. The summed E-state index contributed by atoms with van der Waals surface area (Å²) in [7, 11) is 0. The third-order valence-corrected chi connectivity index (χ3v) is 6.36. The summed E-state index contributed by atoms with van der Waals surface area (Å²) < 4.78 is 316. The Kier molecular flexibility index (Phi) is 15.9. The van der Waals surface area contributed by atoms with Crippen LogP contribution in [0.15, 0.2) is 0 Å². The Labute approximate surface area is 276 Å². The van der Waals surface area contributed by atoms with Crippen molar-refractivity contribution in [2.75, 3.05) is 6.61 Å². The number of carbonyl (C=O) groups is 1. The van der Waals surface area contributed by atoms with E-state index in [1.807, 2.05) is 11.7 Å². The first-order valence-electron chi connectivity index (χ1n) is 14.0. The Morgan fingerprint density at radius 2 is 0.731 bits per heavy atom. The molecule has 0 aliphatic rings. The molecule has 52 heavy (non-hydrogen) atoms. The van der Waals surface area contributed by atoms with Crippen LogP contribution in [-0.4, -0.2) is 79.1 Å². The molecule has 5 nitrogen and oxygen atoms in total. The lowest BCUT2D eigenvalue weighted by Crippen LogP contribution is -2.70. The van der Waals surface area contributed by atoms with Gasteiger partial charge in [0.1, 0.15) is 0 Å². The number of carbonyl (C=O) groups excluding carboxylic acids is 1. The summed E-state index contributed by atoms with van der Waals surface area (Å²) in [6.07, 6.45) is -52.5. The zero-order chi connectivity index (χ0) is 41.7. The first-order valence-corrected chi connectivity index (χ1v) is 14.0. The molecule has 0 aromatic carbocycles. The van der Waals surface area contributed by atoms with Crippen LogP contribution in [0.25, 0.3) is 0 Å². The summed E-state index contributed by atoms with van der Waals surface area (Å²) in [5.74, 6) is -36.5. The SMILES string of the molecule is CCCCCCCCCCCCOC(=O)C(F)(OC(F)(F)C(F)(OC(F)(F)C(F)(OC(F)(F)C(F)(F)C(F)(F)F)C(F)(F)F)C(F)(F)F)C(F)(F)F. The van der Waals surface area contributed by atoms with E-state index in [-0.39, 0.29) is 12.8 Å². The van der Waals surface area contributed by atoms with Gasteiger partial charge in [-0.1, -0.05) is 64.7 Å². The third kappa shape index (κ3) is 10.9. The highest BCUT2D eigenvalue weighted by molar-refractivity contribution is 5.78. The summed E-state index contributed by atoms with van der Waals surface area (Å²) >= 11 is 0. The van der Waals surface area contributed by atoms with Crippen LogP contribution in [0.3, 0.4) is 0 Å². The highest BCUT2D eigenvalue weighted by atomic mass is 19.4.